The lowest BCUT2D eigenvalue weighted by Gasteiger charge is -2.19. The Bertz CT molecular complexity index is 383. The molecule has 0 amide bonds. The van der Waals surface area contributed by atoms with Crippen molar-refractivity contribution < 1.29 is 8.78 Å². The van der Waals surface area contributed by atoms with Gasteiger partial charge in [-0.25, -0.2) is 13.8 Å². The molecule has 1 heterocycles. The first-order chi connectivity index (χ1) is 8.58. The normalized spacial score (nSPS) is 12.4. The number of unbranched alkanes of at least 4 members (excludes halogenated alkanes) is 1. The second-order valence-electron chi connectivity index (χ2n) is 4.46. The highest BCUT2D eigenvalue weighted by Crippen LogP contribution is 2.20. The molecular formula is C13H21F2N3. The summed E-state index contributed by atoms with van der Waals surface area (Å²) in [6, 6.07) is 0.926. The van der Waals surface area contributed by atoms with E-state index in [1.54, 1.807) is 0 Å². The van der Waals surface area contributed by atoms with Gasteiger partial charge in [-0.3, -0.25) is 0 Å². The van der Waals surface area contributed by atoms with Gasteiger partial charge in [-0.2, -0.15) is 0 Å². The van der Waals surface area contributed by atoms with Gasteiger partial charge in [0.1, 0.15) is 0 Å². The molecule has 0 bridgehead atoms. The maximum atomic E-state index is 13.5. The number of anilines is 2. The first-order valence-corrected chi connectivity index (χ1v) is 6.46. The van der Waals surface area contributed by atoms with E-state index in [0.717, 1.165) is 38.2 Å². The van der Waals surface area contributed by atoms with E-state index >= 15 is 0 Å². The third-order valence-electron chi connectivity index (χ3n) is 2.84. The lowest BCUT2D eigenvalue weighted by Crippen LogP contribution is -2.21. The van der Waals surface area contributed by atoms with Crippen molar-refractivity contribution in [1.29, 1.82) is 0 Å². The van der Waals surface area contributed by atoms with Crippen LogP contribution in [0.3, 0.4) is 0 Å². The molecule has 1 atom stereocenters. The molecule has 1 unspecified atom stereocenters. The molecular weight excluding hydrogens is 236 g/mol. The summed E-state index contributed by atoms with van der Waals surface area (Å²) >= 11 is 0. The molecule has 3 nitrogen and oxygen atoms in total. The van der Waals surface area contributed by atoms with Gasteiger partial charge in [-0.1, -0.05) is 33.1 Å². The zero-order valence-electron chi connectivity index (χ0n) is 11.0. The standard InChI is InChI=1S/C13H21F2N3/c1-3-5-7-9(6-4-2)17-13-11(15)8-10(14)12(16)18-13/h8-9H,3-7H2,1-2H3,(H3,16,17,18). The third-order valence-corrected chi connectivity index (χ3v) is 2.84. The first kappa shape index (κ1) is 14.7. The second-order valence-corrected chi connectivity index (χ2v) is 4.46. The average molecular weight is 257 g/mol. The number of nitrogens with zero attached hydrogens (tertiary/aromatic N) is 1. The zero-order valence-corrected chi connectivity index (χ0v) is 11.0. The van der Waals surface area contributed by atoms with E-state index in [4.69, 9.17) is 5.73 Å². The molecule has 1 aromatic heterocycles. The van der Waals surface area contributed by atoms with E-state index in [9.17, 15) is 8.78 Å². The number of hydrogen-bond acceptors (Lipinski definition) is 3. The number of hydrogen-bond donors (Lipinski definition) is 2. The molecule has 0 aliphatic rings. The van der Waals surface area contributed by atoms with Gasteiger partial charge in [0.15, 0.2) is 23.3 Å². The Hall–Kier alpha value is -1.39. The van der Waals surface area contributed by atoms with Crippen LogP contribution < -0.4 is 11.1 Å². The molecule has 0 saturated heterocycles. The molecule has 0 aliphatic heterocycles. The molecule has 3 N–H and O–H groups in total. The van der Waals surface area contributed by atoms with Gasteiger partial charge in [0.2, 0.25) is 0 Å². The molecule has 1 rings (SSSR count). The van der Waals surface area contributed by atoms with Crippen LogP contribution in [0, 0.1) is 11.6 Å². The van der Waals surface area contributed by atoms with Crippen molar-refractivity contribution in [2.75, 3.05) is 11.1 Å². The summed E-state index contributed by atoms with van der Waals surface area (Å²) in [6.45, 7) is 4.18. The molecule has 18 heavy (non-hydrogen) atoms. The van der Waals surface area contributed by atoms with Gasteiger partial charge in [-0.15, -0.1) is 0 Å². The van der Waals surface area contributed by atoms with E-state index in [2.05, 4.69) is 24.1 Å². The first-order valence-electron chi connectivity index (χ1n) is 6.46. The van der Waals surface area contributed by atoms with E-state index in [-0.39, 0.29) is 17.7 Å². The van der Waals surface area contributed by atoms with Gasteiger partial charge in [0.05, 0.1) is 0 Å². The third kappa shape index (κ3) is 4.13. The lowest BCUT2D eigenvalue weighted by atomic mass is 10.1. The highest BCUT2D eigenvalue weighted by molar-refractivity contribution is 5.45. The molecule has 0 spiro atoms. The minimum Gasteiger partial charge on any atom is -0.381 e. The number of halogens is 2. The second kappa shape index (κ2) is 7.13. The van der Waals surface area contributed by atoms with Crippen molar-refractivity contribution in [3.63, 3.8) is 0 Å². The predicted octanol–water partition coefficient (Wildman–Crippen LogP) is 3.71. The van der Waals surface area contributed by atoms with Crippen molar-refractivity contribution in [3.05, 3.63) is 17.7 Å². The molecule has 102 valence electrons. The van der Waals surface area contributed by atoms with Crippen LogP contribution >= 0.6 is 0 Å². The number of pyridine rings is 1. The highest BCUT2D eigenvalue weighted by atomic mass is 19.1. The number of nitrogen functional groups attached to an aromatic ring is 1. The Labute approximate surface area is 107 Å². The summed E-state index contributed by atoms with van der Waals surface area (Å²) in [5, 5.41) is 3.02. The van der Waals surface area contributed by atoms with Gasteiger partial charge in [-0.05, 0) is 12.8 Å². The van der Waals surface area contributed by atoms with E-state index < -0.39 is 11.6 Å². The van der Waals surface area contributed by atoms with Crippen LogP contribution in [0.1, 0.15) is 46.0 Å². The van der Waals surface area contributed by atoms with Crippen LogP contribution in [-0.2, 0) is 0 Å². The van der Waals surface area contributed by atoms with Crippen molar-refractivity contribution in [2.24, 2.45) is 0 Å². The van der Waals surface area contributed by atoms with Crippen molar-refractivity contribution >= 4 is 11.6 Å². The van der Waals surface area contributed by atoms with Crippen LogP contribution in [-0.4, -0.2) is 11.0 Å². The number of rotatable bonds is 7. The zero-order chi connectivity index (χ0) is 13.5. The molecule has 1 aromatic rings. The van der Waals surface area contributed by atoms with E-state index in [1.165, 1.54) is 0 Å². The number of nitrogens with two attached hydrogens (primary N) is 1. The highest BCUT2D eigenvalue weighted by Gasteiger charge is 2.14. The van der Waals surface area contributed by atoms with Crippen LogP contribution in [0.25, 0.3) is 0 Å². The topological polar surface area (TPSA) is 50.9 Å². The Morgan fingerprint density at radius 1 is 1.22 bits per heavy atom. The number of nitrogens with one attached hydrogen (secondary N) is 1. The fourth-order valence-electron chi connectivity index (χ4n) is 1.86. The molecule has 0 saturated carbocycles. The monoisotopic (exact) mass is 257 g/mol. The SMILES string of the molecule is CCCCC(CCC)Nc1nc(N)c(F)cc1F. The Balaban J connectivity index is 2.76. The summed E-state index contributed by atoms with van der Waals surface area (Å²) in [5.74, 6) is -1.74. The van der Waals surface area contributed by atoms with Crippen molar-refractivity contribution in [3.8, 4) is 0 Å². The Kier molecular flexibility index (Phi) is 5.82. The fourth-order valence-corrected chi connectivity index (χ4v) is 1.86. The van der Waals surface area contributed by atoms with Crippen LogP contribution in [0.2, 0.25) is 0 Å². The summed E-state index contributed by atoms with van der Waals surface area (Å²) < 4.78 is 26.5. The van der Waals surface area contributed by atoms with Crippen LogP contribution in [0.4, 0.5) is 20.4 Å². The summed E-state index contributed by atoms with van der Waals surface area (Å²) in [7, 11) is 0. The minimum atomic E-state index is -0.821. The van der Waals surface area contributed by atoms with Gasteiger partial charge < -0.3 is 11.1 Å². The van der Waals surface area contributed by atoms with Crippen molar-refractivity contribution in [1.82, 2.24) is 4.98 Å². The molecule has 0 aliphatic carbocycles. The maximum Gasteiger partial charge on any atom is 0.168 e. The summed E-state index contributed by atoms with van der Waals surface area (Å²) in [4.78, 5) is 3.72. The molecule has 0 radical (unpaired) electrons. The quantitative estimate of drug-likeness (QED) is 0.782. The number of aromatic nitrogens is 1. The summed E-state index contributed by atoms with van der Waals surface area (Å²) in [5.41, 5.74) is 5.35. The largest absolute Gasteiger partial charge is 0.381 e. The summed E-state index contributed by atoms with van der Waals surface area (Å²) in [6.07, 6.45) is 5.03. The van der Waals surface area contributed by atoms with Crippen LogP contribution in [0.15, 0.2) is 6.07 Å². The predicted molar refractivity (Wildman–Crippen MR) is 70.4 cm³/mol. The lowest BCUT2D eigenvalue weighted by molar-refractivity contribution is 0.546. The van der Waals surface area contributed by atoms with E-state index in [1.807, 2.05) is 0 Å². The van der Waals surface area contributed by atoms with Gasteiger partial charge >= 0.3 is 0 Å². The molecule has 0 aromatic carbocycles. The maximum absolute atomic E-state index is 13.5. The molecule has 0 fully saturated rings. The Morgan fingerprint density at radius 3 is 2.56 bits per heavy atom. The average Bonchev–Trinajstić information content (AvgIpc) is 2.33. The van der Waals surface area contributed by atoms with E-state index in [0.29, 0.717) is 0 Å². The smallest absolute Gasteiger partial charge is 0.168 e. The Morgan fingerprint density at radius 2 is 1.94 bits per heavy atom. The molecule has 5 heteroatoms. The van der Waals surface area contributed by atoms with Crippen LogP contribution in [0.5, 0.6) is 0 Å². The van der Waals surface area contributed by atoms with Gasteiger partial charge in [0, 0.05) is 12.1 Å². The minimum absolute atomic E-state index is 0.0449. The fraction of sp³-hybridized carbons (Fsp3) is 0.615. The van der Waals surface area contributed by atoms with Crippen molar-refractivity contribution in [2.45, 2.75) is 52.0 Å². The van der Waals surface area contributed by atoms with Gasteiger partial charge in [0.25, 0.3) is 0 Å².